The second kappa shape index (κ2) is 6.52. The van der Waals surface area contributed by atoms with Gasteiger partial charge in [-0.25, -0.2) is 0 Å². The van der Waals surface area contributed by atoms with E-state index in [1.54, 1.807) is 19.1 Å². The molecular formula is C8H8BClF3KO. The molecule has 0 amide bonds. The zero-order chi connectivity index (χ0) is 10.8. The molecule has 0 aliphatic heterocycles. The van der Waals surface area contributed by atoms with Gasteiger partial charge in [-0.1, -0.05) is 17.7 Å². The molecule has 78 valence electrons. The van der Waals surface area contributed by atoms with Crippen LogP contribution in [0.4, 0.5) is 12.9 Å². The van der Waals surface area contributed by atoms with Crippen LogP contribution >= 0.6 is 11.6 Å². The van der Waals surface area contributed by atoms with Gasteiger partial charge in [-0.2, -0.15) is 0 Å². The average Bonchev–Trinajstić information content (AvgIpc) is 2.00. The molecule has 0 aliphatic rings. The molecule has 0 fully saturated rings. The van der Waals surface area contributed by atoms with E-state index in [1.807, 2.05) is 0 Å². The maximum Gasteiger partial charge on any atom is 1.00 e. The molecule has 1 rings (SSSR count). The van der Waals surface area contributed by atoms with Crippen LogP contribution < -0.4 is 56.1 Å². The third kappa shape index (κ3) is 6.19. The van der Waals surface area contributed by atoms with Crippen molar-refractivity contribution in [3.8, 4) is 5.75 Å². The minimum Gasteiger partial charge on any atom is -0.520 e. The number of hydrogen-bond acceptors (Lipinski definition) is 1. The van der Waals surface area contributed by atoms with E-state index in [0.717, 1.165) is 5.56 Å². The molecular weight excluding hydrogens is 254 g/mol. The van der Waals surface area contributed by atoms with Gasteiger partial charge in [0.15, 0.2) is 0 Å². The molecule has 0 saturated carbocycles. The Kier molecular flexibility index (Phi) is 6.86. The summed E-state index contributed by atoms with van der Waals surface area (Å²) in [7, 11) is 0. The fourth-order valence-electron chi connectivity index (χ4n) is 0.907. The van der Waals surface area contributed by atoms with Crippen molar-refractivity contribution < 1.29 is 69.1 Å². The predicted octanol–water partition coefficient (Wildman–Crippen LogP) is 0.418. The first-order chi connectivity index (χ1) is 6.38. The number of ether oxygens (including phenoxy) is 1. The Morgan fingerprint density at radius 1 is 1.33 bits per heavy atom. The van der Waals surface area contributed by atoms with Crippen LogP contribution in [0.5, 0.6) is 5.75 Å². The molecule has 0 atom stereocenters. The van der Waals surface area contributed by atoms with Gasteiger partial charge in [-0.3, -0.25) is 0 Å². The Balaban J connectivity index is 0.00000196. The number of hydrogen-bond donors (Lipinski definition) is 0. The van der Waals surface area contributed by atoms with Crippen LogP contribution in [0.15, 0.2) is 18.2 Å². The van der Waals surface area contributed by atoms with Crippen LogP contribution in [0.1, 0.15) is 5.56 Å². The van der Waals surface area contributed by atoms with Crippen molar-refractivity contribution in [1.82, 2.24) is 0 Å². The third-order valence-electron chi connectivity index (χ3n) is 1.52. The molecule has 0 spiro atoms. The Labute approximate surface area is 134 Å². The summed E-state index contributed by atoms with van der Waals surface area (Å²) >= 11 is 5.67. The molecule has 1 nitrogen and oxygen atoms in total. The van der Waals surface area contributed by atoms with Crippen molar-refractivity contribution in [2.24, 2.45) is 0 Å². The Morgan fingerprint density at radius 2 is 1.93 bits per heavy atom. The Bertz CT molecular complexity index is 332. The van der Waals surface area contributed by atoms with E-state index in [-0.39, 0.29) is 62.2 Å². The number of benzene rings is 1. The van der Waals surface area contributed by atoms with Crippen LogP contribution in [-0.2, 0) is 0 Å². The quantitative estimate of drug-likeness (QED) is 0.718. The molecule has 0 saturated heterocycles. The molecule has 0 aromatic heterocycles. The first kappa shape index (κ1) is 15.8. The maximum atomic E-state index is 11.8. The van der Waals surface area contributed by atoms with E-state index in [4.69, 9.17) is 11.6 Å². The average molecular weight is 263 g/mol. The third-order valence-corrected chi connectivity index (χ3v) is 1.81. The normalized spacial score (nSPS) is 10.7. The molecule has 15 heavy (non-hydrogen) atoms. The summed E-state index contributed by atoms with van der Waals surface area (Å²) in [5.74, 6) is 0.0662. The molecule has 0 bridgehead atoms. The van der Waals surface area contributed by atoms with Gasteiger partial charge in [-0.05, 0) is 24.6 Å². The van der Waals surface area contributed by atoms with Crippen molar-refractivity contribution >= 4 is 18.6 Å². The summed E-state index contributed by atoms with van der Waals surface area (Å²) in [4.78, 5) is 0. The van der Waals surface area contributed by atoms with E-state index in [0.29, 0.717) is 0 Å². The van der Waals surface area contributed by atoms with E-state index in [9.17, 15) is 12.9 Å². The molecule has 1 aromatic rings. The Hall–Kier alpha value is 0.801. The summed E-state index contributed by atoms with van der Waals surface area (Å²) in [6.07, 6.45) is 0. The monoisotopic (exact) mass is 262 g/mol. The molecule has 1 aromatic carbocycles. The van der Waals surface area contributed by atoms with Gasteiger partial charge >= 0.3 is 58.4 Å². The van der Waals surface area contributed by atoms with Gasteiger partial charge < -0.3 is 17.7 Å². The van der Waals surface area contributed by atoms with E-state index < -0.39 is 13.5 Å². The zero-order valence-electron chi connectivity index (χ0n) is 8.44. The van der Waals surface area contributed by atoms with Crippen molar-refractivity contribution in [3.63, 3.8) is 0 Å². The van der Waals surface area contributed by atoms with Gasteiger partial charge in [0.25, 0.3) is 0 Å². The number of rotatable bonds is 3. The fraction of sp³-hybridized carbons (Fsp3) is 0.250. The molecule has 0 radical (unpaired) electrons. The van der Waals surface area contributed by atoms with Crippen molar-refractivity contribution in [2.45, 2.75) is 6.92 Å². The Morgan fingerprint density at radius 3 is 2.40 bits per heavy atom. The van der Waals surface area contributed by atoms with Gasteiger partial charge in [0.05, 0.1) is 11.5 Å². The van der Waals surface area contributed by atoms with Crippen molar-refractivity contribution in [1.29, 1.82) is 0 Å². The van der Waals surface area contributed by atoms with Crippen LogP contribution in [0.2, 0.25) is 5.02 Å². The molecule has 0 heterocycles. The smallest absolute Gasteiger partial charge is 0.520 e. The molecule has 0 aliphatic carbocycles. The minimum absolute atomic E-state index is 0. The summed E-state index contributed by atoms with van der Waals surface area (Å²) in [5, 5.41) is 0.199. The van der Waals surface area contributed by atoms with E-state index in [2.05, 4.69) is 4.74 Å². The number of aryl methyl sites for hydroxylation is 1. The first-order valence-corrected chi connectivity index (χ1v) is 4.36. The topological polar surface area (TPSA) is 9.23 Å². The van der Waals surface area contributed by atoms with Crippen LogP contribution in [-0.4, -0.2) is 13.5 Å². The summed E-state index contributed by atoms with van der Waals surface area (Å²) in [5.41, 5.74) is 0.875. The summed E-state index contributed by atoms with van der Waals surface area (Å²) < 4.78 is 40.1. The maximum absolute atomic E-state index is 11.8. The largest absolute Gasteiger partial charge is 1.00 e. The number of halogens is 4. The SMILES string of the molecule is Cc1ccc(OC[B-](F)(F)F)c(Cl)c1.[K+]. The van der Waals surface area contributed by atoms with Crippen LogP contribution in [0.25, 0.3) is 0 Å². The second-order valence-electron chi connectivity index (χ2n) is 2.96. The van der Waals surface area contributed by atoms with Gasteiger partial charge in [0.2, 0.25) is 0 Å². The molecule has 0 unspecified atom stereocenters. The zero-order valence-corrected chi connectivity index (χ0v) is 12.3. The van der Waals surface area contributed by atoms with E-state index in [1.165, 1.54) is 6.07 Å². The van der Waals surface area contributed by atoms with Gasteiger partial charge in [-0.15, -0.1) is 0 Å². The van der Waals surface area contributed by atoms with Crippen LogP contribution in [0, 0.1) is 6.92 Å². The van der Waals surface area contributed by atoms with Gasteiger partial charge in [0, 0.05) is 0 Å². The molecule has 0 N–H and O–H groups in total. The van der Waals surface area contributed by atoms with Crippen LogP contribution in [0.3, 0.4) is 0 Å². The van der Waals surface area contributed by atoms with E-state index >= 15 is 0 Å². The standard InChI is InChI=1S/C8H8BClF3O.K/c1-6-2-3-8(7(10)4-6)14-5-9(11,12)13;/h2-4H,5H2,1H3;/q-1;+1. The summed E-state index contributed by atoms with van der Waals surface area (Å²) in [6, 6.07) is 4.63. The predicted molar refractivity (Wildman–Crippen MR) is 50.8 cm³/mol. The fourth-order valence-corrected chi connectivity index (χ4v) is 1.20. The first-order valence-electron chi connectivity index (χ1n) is 3.98. The molecule has 7 heteroatoms. The van der Waals surface area contributed by atoms with Gasteiger partial charge in [0.1, 0.15) is 5.75 Å². The minimum atomic E-state index is -4.93. The van der Waals surface area contributed by atoms with Crippen molar-refractivity contribution in [3.05, 3.63) is 28.8 Å². The second-order valence-corrected chi connectivity index (χ2v) is 3.36. The van der Waals surface area contributed by atoms with Crippen molar-refractivity contribution in [2.75, 3.05) is 6.51 Å². The summed E-state index contributed by atoms with van der Waals surface area (Å²) in [6.45, 7) is -4.40.